The van der Waals surface area contributed by atoms with Crippen LogP contribution in [0.5, 0.6) is 0 Å². The van der Waals surface area contributed by atoms with Crippen LogP contribution in [0.4, 0.5) is 0 Å². The summed E-state index contributed by atoms with van der Waals surface area (Å²) in [5, 5.41) is 4.92. The van der Waals surface area contributed by atoms with Gasteiger partial charge in [0.25, 0.3) is 0 Å². The average molecular weight is 270 g/mol. The maximum atomic E-state index is 4.84. The van der Waals surface area contributed by atoms with E-state index in [0.717, 1.165) is 6.54 Å². The lowest BCUT2D eigenvalue weighted by Gasteiger charge is -2.15. The number of aryl methyl sites for hydroxylation is 2. The highest BCUT2D eigenvalue weighted by atomic mass is 32.2. The Hall–Kier alpha value is -0.0600. The molecule has 0 saturated heterocycles. The van der Waals surface area contributed by atoms with Crippen LogP contribution in [0.2, 0.25) is 0 Å². The standard InChI is InChI=1S/C13H22N2S2/c1-3-14-11(7-5-9-16-2)13-15-10-6-4-8-12(10)17-13/h11,14H,3-9H2,1-2H3. The van der Waals surface area contributed by atoms with Crippen molar-refractivity contribution in [1.82, 2.24) is 10.3 Å². The predicted octanol–water partition coefficient (Wildman–Crippen LogP) is 3.43. The van der Waals surface area contributed by atoms with Crippen LogP contribution in [0.15, 0.2) is 0 Å². The van der Waals surface area contributed by atoms with Crippen LogP contribution in [0, 0.1) is 0 Å². The Balaban J connectivity index is 1.98. The highest BCUT2D eigenvalue weighted by molar-refractivity contribution is 7.98. The van der Waals surface area contributed by atoms with Gasteiger partial charge in [-0.05, 0) is 50.7 Å². The number of nitrogens with zero attached hydrogens (tertiary/aromatic N) is 1. The molecule has 0 bridgehead atoms. The van der Waals surface area contributed by atoms with Gasteiger partial charge < -0.3 is 5.32 Å². The summed E-state index contributed by atoms with van der Waals surface area (Å²) in [6, 6.07) is 0.489. The van der Waals surface area contributed by atoms with Crippen molar-refractivity contribution >= 4 is 23.1 Å². The lowest BCUT2D eigenvalue weighted by Crippen LogP contribution is -2.21. The van der Waals surface area contributed by atoms with Crippen LogP contribution < -0.4 is 5.32 Å². The molecule has 2 rings (SSSR count). The number of hydrogen-bond donors (Lipinski definition) is 1. The normalized spacial score (nSPS) is 16.1. The van der Waals surface area contributed by atoms with Gasteiger partial charge in [-0.2, -0.15) is 11.8 Å². The molecule has 17 heavy (non-hydrogen) atoms. The van der Waals surface area contributed by atoms with Gasteiger partial charge in [0.1, 0.15) is 5.01 Å². The fraction of sp³-hybridized carbons (Fsp3) is 0.769. The molecule has 1 N–H and O–H groups in total. The van der Waals surface area contributed by atoms with Crippen LogP contribution in [-0.4, -0.2) is 23.5 Å². The van der Waals surface area contributed by atoms with Gasteiger partial charge >= 0.3 is 0 Å². The molecule has 96 valence electrons. The van der Waals surface area contributed by atoms with E-state index in [1.54, 1.807) is 4.88 Å². The Morgan fingerprint density at radius 1 is 1.47 bits per heavy atom. The number of rotatable bonds is 7. The van der Waals surface area contributed by atoms with Crippen molar-refractivity contribution in [2.24, 2.45) is 0 Å². The molecule has 1 aliphatic carbocycles. The molecule has 0 fully saturated rings. The van der Waals surface area contributed by atoms with E-state index in [9.17, 15) is 0 Å². The largest absolute Gasteiger partial charge is 0.308 e. The Labute approximate surface area is 113 Å². The van der Waals surface area contributed by atoms with Crippen molar-refractivity contribution in [3.63, 3.8) is 0 Å². The van der Waals surface area contributed by atoms with Crippen molar-refractivity contribution in [1.29, 1.82) is 0 Å². The Morgan fingerprint density at radius 3 is 3.06 bits per heavy atom. The summed E-state index contributed by atoms with van der Waals surface area (Å²) in [5.74, 6) is 1.26. The molecule has 4 heteroatoms. The SMILES string of the molecule is CCNC(CCCSC)c1nc2c(s1)CCC2. The molecule has 0 saturated carbocycles. The van der Waals surface area contributed by atoms with E-state index in [0.29, 0.717) is 6.04 Å². The van der Waals surface area contributed by atoms with Gasteiger partial charge in [-0.25, -0.2) is 4.98 Å². The van der Waals surface area contributed by atoms with Crippen LogP contribution in [0.1, 0.15) is 47.8 Å². The fourth-order valence-electron chi connectivity index (χ4n) is 2.35. The van der Waals surface area contributed by atoms with E-state index < -0.39 is 0 Å². The second kappa shape index (κ2) is 6.76. The quantitative estimate of drug-likeness (QED) is 0.768. The van der Waals surface area contributed by atoms with E-state index in [2.05, 4.69) is 18.5 Å². The molecule has 0 amide bonds. The molecule has 1 atom stereocenters. The molecular formula is C13H22N2S2. The van der Waals surface area contributed by atoms with Gasteiger partial charge in [0.15, 0.2) is 0 Å². The summed E-state index contributed by atoms with van der Waals surface area (Å²) in [7, 11) is 0. The second-order valence-corrected chi connectivity index (χ2v) is 6.62. The fourth-order valence-corrected chi connectivity index (χ4v) is 4.07. The molecule has 1 heterocycles. The van der Waals surface area contributed by atoms with Crippen molar-refractivity contribution in [2.75, 3.05) is 18.6 Å². The first-order valence-corrected chi connectivity index (χ1v) is 8.77. The second-order valence-electron chi connectivity index (χ2n) is 4.52. The molecule has 0 aliphatic heterocycles. The zero-order valence-electron chi connectivity index (χ0n) is 10.8. The van der Waals surface area contributed by atoms with E-state index in [1.165, 1.54) is 48.6 Å². The third kappa shape index (κ3) is 3.46. The van der Waals surface area contributed by atoms with E-state index in [1.807, 2.05) is 23.1 Å². The lowest BCUT2D eigenvalue weighted by molar-refractivity contribution is 0.508. The molecule has 2 nitrogen and oxygen atoms in total. The molecule has 0 aromatic carbocycles. The van der Waals surface area contributed by atoms with Gasteiger partial charge in [-0.3, -0.25) is 0 Å². The highest BCUT2D eigenvalue weighted by Gasteiger charge is 2.21. The summed E-state index contributed by atoms with van der Waals surface area (Å²) in [6.07, 6.45) is 8.46. The molecule has 1 aromatic rings. The van der Waals surface area contributed by atoms with Crippen LogP contribution in [0.3, 0.4) is 0 Å². The van der Waals surface area contributed by atoms with Crippen molar-refractivity contribution in [3.05, 3.63) is 15.6 Å². The number of aromatic nitrogens is 1. The summed E-state index contributed by atoms with van der Waals surface area (Å²) in [5.41, 5.74) is 1.39. The Morgan fingerprint density at radius 2 is 2.35 bits per heavy atom. The molecular weight excluding hydrogens is 248 g/mol. The zero-order chi connectivity index (χ0) is 12.1. The Kier molecular flexibility index (Phi) is 5.32. The average Bonchev–Trinajstić information content (AvgIpc) is 2.88. The maximum absolute atomic E-state index is 4.84. The van der Waals surface area contributed by atoms with E-state index >= 15 is 0 Å². The number of nitrogens with one attached hydrogen (secondary N) is 1. The minimum Gasteiger partial charge on any atom is -0.308 e. The summed E-state index contributed by atoms with van der Waals surface area (Å²) < 4.78 is 0. The van der Waals surface area contributed by atoms with Crippen molar-refractivity contribution < 1.29 is 0 Å². The van der Waals surface area contributed by atoms with E-state index in [4.69, 9.17) is 4.98 Å². The van der Waals surface area contributed by atoms with Gasteiger partial charge in [-0.15, -0.1) is 11.3 Å². The van der Waals surface area contributed by atoms with Crippen molar-refractivity contribution in [3.8, 4) is 0 Å². The number of fused-ring (bicyclic) bond motifs is 1. The minimum absolute atomic E-state index is 0.489. The predicted molar refractivity (Wildman–Crippen MR) is 78.2 cm³/mol. The topological polar surface area (TPSA) is 24.9 Å². The van der Waals surface area contributed by atoms with Crippen LogP contribution in [-0.2, 0) is 12.8 Å². The van der Waals surface area contributed by atoms with Crippen molar-refractivity contribution in [2.45, 2.75) is 45.1 Å². The summed E-state index contributed by atoms with van der Waals surface area (Å²) >= 11 is 3.88. The monoisotopic (exact) mass is 270 g/mol. The Bertz CT molecular complexity index is 328. The maximum Gasteiger partial charge on any atom is 0.110 e. The van der Waals surface area contributed by atoms with Gasteiger partial charge in [-0.1, -0.05) is 6.92 Å². The molecule has 0 spiro atoms. The highest BCUT2D eigenvalue weighted by Crippen LogP contribution is 2.32. The third-order valence-electron chi connectivity index (χ3n) is 3.20. The van der Waals surface area contributed by atoms with Gasteiger partial charge in [0.05, 0.1) is 11.7 Å². The number of hydrogen-bond acceptors (Lipinski definition) is 4. The van der Waals surface area contributed by atoms with E-state index in [-0.39, 0.29) is 0 Å². The first-order valence-electron chi connectivity index (χ1n) is 6.56. The van der Waals surface area contributed by atoms with Crippen LogP contribution in [0.25, 0.3) is 0 Å². The van der Waals surface area contributed by atoms with Gasteiger partial charge in [0, 0.05) is 4.88 Å². The summed E-state index contributed by atoms with van der Waals surface area (Å²) in [6.45, 7) is 3.22. The third-order valence-corrected chi connectivity index (χ3v) is 5.17. The smallest absolute Gasteiger partial charge is 0.110 e. The van der Waals surface area contributed by atoms with Gasteiger partial charge in [0.2, 0.25) is 0 Å². The lowest BCUT2D eigenvalue weighted by atomic mass is 10.2. The molecule has 1 aromatic heterocycles. The molecule has 1 aliphatic rings. The first kappa shape index (κ1) is 13.4. The summed E-state index contributed by atoms with van der Waals surface area (Å²) in [4.78, 5) is 6.39. The molecule has 0 radical (unpaired) electrons. The minimum atomic E-state index is 0.489. The number of thiazole rings is 1. The number of thioether (sulfide) groups is 1. The first-order chi connectivity index (χ1) is 8.35. The van der Waals surface area contributed by atoms with Crippen LogP contribution >= 0.6 is 23.1 Å². The zero-order valence-corrected chi connectivity index (χ0v) is 12.4. The molecule has 1 unspecified atom stereocenters.